The Morgan fingerprint density at radius 1 is 1.26 bits per heavy atom. The van der Waals surface area contributed by atoms with Crippen molar-refractivity contribution in [3.05, 3.63) is 17.7 Å². The maximum absolute atomic E-state index is 11.6. The Morgan fingerprint density at radius 2 is 1.84 bits per heavy atom. The monoisotopic (exact) mass is 283 g/mol. The Morgan fingerprint density at radius 3 is 2.37 bits per heavy atom. The van der Waals surface area contributed by atoms with E-state index in [1.165, 1.54) is 18.9 Å². The van der Waals surface area contributed by atoms with Crippen LogP contribution >= 0.6 is 0 Å². The van der Waals surface area contributed by atoms with Crippen molar-refractivity contribution in [3.8, 4) is 0 Å². The average Bonchev–Trinajstić information content (AvgIpc) is 2.83. The van der Waals surface area contributed by atoms with Crippen LogP contribution in [0.15, 0.2) is 17.0 Å². The molecule has 0 amide bonds. The molecule has 0 saturated heterocycles. The van der Waals surface area contributed by atoms with Crippen LogP contribution in [0.1, 0.15) is 31.2 Å². The van der Waals surface area contributed by atoms with Crippen molar-refractivity contribution in [2.75, 3.05) is 17.7 Å². The van der Waals surface area contributed by atoms with Crippen molar-refractivity contribution >= 4 is 21.4 Å². The van der Waals surface area contributed by atoms with Crippen LogP contribution in [0, 0.1) is 6.92 Å². The number of hydrogen-bond donors (Lipinski definition) is 2. The predicted octanol–water partition coefficient (Wildman–Crippen LogP) is 1.60. The second-order valence-corrected chi connectivity index (χ2v) is 6.79. The zero-order valence-corrected chi connectivity index (χ0v) is 12.2. The third-order valence-electron chi connectivity index (χ3n) is 3.91. The number of benzene rings is 1. The van der Waals surface area contributed by atoms with Gasteiger partial charge in [0.05, 0.1) is 4.90 Å². The molecule has 1 aliphatic carbocycles. The number of rotatable bonds is 3. The highest BCUT2D eigenvalue weighted by atomic mass is 32.2. The highest BCUT2D eigenvalue weighted by Crippen LogP contribution is 2.33. The lowest BCUT2D eigenvalue weighted by molar-refractivity contribution is 0.597. The third-order valence-corrected chi connectivity index (χ3v) is 4.95. The van der Waals surface area contributed by atoms with Gasteiger partial charge >= 0.3 is 0 Å². The lowest BCUT2D eigenvalue weighted by Gasteiger charge is -2.29. The van der Waals surface area contributed by atoms with Gasteiger partial charge in [-0.3, -0.25) is 0 Å². The molecule has 106 valence electrons. The lowest BCUT2D eigenvalue weighted by Crippen LogP contribution is -2.30. The van der Waals surface area contributed by atoms with Crippen molar-refractivity contribution in [1.29, 1.82) is 0 Å². The lowest BCUT2D eigenvalue weighted by atomic mass is 10.1. The van der Waals surface area contributed by atoms with Gasteiger partial charge in [-0.15, -0.1) is 0 Å². The van der Waals surface area contributed by atoms with E-state index in [0.717, 1.165) is 18.5 Å². The Bertz CT molecular complexity index is 578. The second kappa shape index (κ2) is 5.02. The summed E-state index contributed by atoms with van der Waals surface area (Å²) in [7, 11) is -1.75. The number of nitrogens with zero attached hydrogens (tertiary/aromatic N) is 1. The zero-order valence-electron chi connectivity index (χ0n) is 11.4. The maximum Gasteiger partial charge on any atom is 0.238 e. The van der Waals surface area contributed by atoms with E-state index in [-0.39, 0.29) is 4.90 Å². The van der Waals surface area contributed by atoms with Gasteiger partial charge in [-0.25, -0.2) is 13.6 Å². The fourth-order valence-corrected chi connectivity index (χ4v) is 3.68. The molecule has 1 aromatic rings. The number of primary sulfonamides is 1. The first-order chi connectivity index (χ1) is 8.80. The summed E-state index contributed by atoms with van der Waals surface area (Å²) in [6.45, 7) is 1.78. The average molecular weight is 283 g/mol. The highest BCUT2D eigenvalue weighted by molar-refractivity contribution is 7.89. The fraction of sp³-hybridized carbons (Fsp3) is 0.538. The third kappa shape index (κ3) is 2.84. The van der Waals surface area contributed by atoms with E-state index in [0.29, 0.717) is 17.3 Å². The number of anilines is 2. The summed E-state index contributed by atoms with van der Waals surface area (Å²) in [5, 5.41) is 5.25. The van der Waals surface area contributed by atoms with E-state index in [2.05, 4.69) is 4.90 Å². The number of nitrogens with two attached hydrogens (primary N) is 2. The summed E-state index contributed by atoms with van der Waals surface area (Å²) in [4.78, 5) is 2.25. The van der Waals surface area contributed by atoms with Crippen LogP contribution in [-0.4, -0.2) is 21.5 Å². The molecule has 5 nitrogen and oxygen atoms in total. The molecule has 0 aliphatic heterocycles. The minimum absolute atomic E-state index is 0.118. The van der Waals surface area contributed by atoms with Crippen LogP contribution in [0.2, 0.25) is 0 Å². The topological polar surface area (TPSA) is 89.4 Å². The van der Waals surface area contributed by atoms with Gasteiger partial charge in [-0.2, -0.15) is 0 Å². The molecule has 1 aliphatic rings. The van der Waals surface area contributed by atoms with Crippen LogP contribution in [0.4, 0.5) is 11.4 Å². The molecule has 0 unspecified atom stereocenters. The normalized spacial score (nSPS) is 16.8. The van der Waals surface area contributed by atoms with Crippen LogP contribution in [-0.2, 0) is 10.0 Å². The molecule has 2 rings (SSSR count). The van der Waals surface area contributed by atoms with Crippen molar-refractivity contribution in [2.45, 2.75) is 43.5 Å². The SMILES string of the molecule is Cc1c(N(C)C2CCCC2)cc(N)cc1S(N)(=O)=O. The second-order valence-electron chi connectivity index (χ2n) is 5.26. The summed E-state index contributed by atoms with van der Waals surface area (Å²) in [5.41, 5.74) is 7.77. The molecule has 0 bridgehead atoms. The molecule has 1 aromatic carbocycles. The summed E-state index contributed by atoms with van der Waals surface area (Å²) in [6, 6.07) is 3.70. The first-order valence-corrected chi connectivity index (χ1v) is 8.01. The first kappa shape index (κ1) is 14.1. The van der Waals surface area contributed by atoms with Gasteiger partial charge in [0.25, 0.3) is 0 Å². The quantitative estimate of drug-likeness (QED) is 0.825. The Hall–Kier alpha value is -1.27. The van der Waals surface area contributed by atoms with Gasteiger partial charge in [0.2, 0.25) is 10.0 Å². The first-order valence-electron chi connectivity index (χ1n) is 6.46. The molecule has 0 spiro atoms. The van der Waals surface area contributed by atoms with Crippen molar-refractivity contribution < 1.29 is 8.42 Å². The maximum atomic E-state index is 11.6. The summed E-state index contributed by atoms with van der Waals surface area (Å²) < 4.78 is 23.2. The minimum atomic E-state index is -3.74. The van der Waals surface area contributed by atoms with Crippen LogP contribution in [0.25, 0.3) is 0 Å². The Balaban J connectivity index is 2.48. The molecule has 0 radical (unpaired) electrons. The number of hydrogen-bond acceptors (Lipinski definition) is 4. The van der Waals surface area contributed by atoms with Crippen LogP contribution < -0.4 is 15.8 Å². The van der Waals surface area contributed by atoms with Gasteiger partial charge in [0.1, 0.15) is 0 Å². The molecular formula is C13H21N3O2S. The van der Waals surface area contributed by atoms with E-state index < -0.39 is 10.0 Å². The highest BCUT2D eigenvalue weighted by Gasteiger charge is 2.23. The summed E-state index contributed by atoms with van der Waals surface area (Å²) in [5.74, 6) is 0. The van der Waals surface area contributed by atoms with E-state index in [9.17, 15) is 8.42 Å². The van der Waals surface area contributed by atoms with Crippen molar-refractivity contribution in [3.63, 3.8) is 0 Å². The summed E-state index contributed by atoms with van der Waals surface area (Å²) in [6.07, 6.45) is 4.71. The van der Waals surface area contributed by atoms with Crippen LogP contribution in [0.3, 0.4) is 0 Å². The van der Waals surface area contributed by atoms with Crippen molar-refractivity contribution in [2.24, 2.45) is 5.14 Å². The van der Waals surface area contributed by atoms with Gasteiger partial charge in [-0.05, 0) is 37.5 Å². The van der Waals surface area contributed by atoms with Gasteiger partial charge in [-0.1, -0.05) is 12.8 Å². The largest absolute Gasteiger partial charge is 0.399 e. The molecule has 4 N–H and O–H groups in total. The van der Waals surface area contributed by atoms with Crippen molar-refractivity contribution in [1.82, 2.24) is 0 Å². The summed E-state index contributed by atoms with van der Waals surface area (Å²) >= 11 is 0. The Labute approximate surface area is 114 Å². The van der Waals surface area contributed by atoms with E-state index in [1.807, 2.05) is 13.1 Å². The molecule has 0 heterocycles. The van der Waals surface area contributed by atoms with E-state index >= 15 is 0 Å². The van der Waals surface area contributed by atoms with Gasteiger partial charge in [0, 0.05) is 24.5 Å². The Kier molecular flexibility index (Phi) is 3.73. The van der Waals surface area contributed by atoms with Crippen LogP contribution in [0.5, 0.6) is 0 Å². The van der Waals surface area contributed by atoms with Gasteiger partial charge in [0.15, 0.2) is 0 Å². The van der Waals surface area contributed by atoms with E-state index in [1.54, 1.807) is 6.92 Å². The minimum Gasteiger partial charge on any atom is -0.399 e. The molecular weight excluding hydrogens is 262 g/mol. The molecule has 19 heavy (non-hydrogen) atoms. The molecule has 0 atom stereocenters. The zero-order chi connectivity index (χ0) is 14.2. The molecule has 0 aromatic heterocycles. The van der Waals surface area contributed by atoms with E-state index in [4.69, 9.17) is 10.9 Å². The molecule has 1 fully saturated rings. The number of sulfonamides is 1. The smallest absolute Gasteiger partial charge is 0.238 e. The predicted molar refractivity (Wildman–Crippen MR) is 77.6 cm³/mol. The molecule has 6 heteroatoms. The molecule has 1 saturated carbocycles. The fourth-order valence-electron chi connectivity index (χ4n) is 2.84. The standard InChI is InChI=1S/C13H21N3O2S/c1-9-12(16(2)11-5-3-4-6-11)7-10(14)8-13(9)19(15,17)18/h7-8,11H,3-6,14H2,1-2H3,(H2,15,17,18). The van der Waals surface area contributed by atoms with Gasteiger partial charge < -0.3 is 10.6 Å². The number of nitrogen functional groups attached to an aromatic ring is 1.